The van der Waals surface area contributed by atoms with Crippen LogP contribution in [0.2, 0.25) is 5.15 Å². The van der Waals surface area contributed by atoms with Gasteiger partial charge in [0.25, 0.3) is 0 Å². The van der Waals surface area contributed by atoms with Gasteiger partial charge in [0.15, 0.2) is 0 Å². The Labute approximate surface area is 122 Å². The maximum Gasteiger partial charge on any atom is 0.335 e. The maximum atomic E-state index is 11.1. The van der Waals surface area contributed by atoms with Gasteiger partial charge in [-0.25, -0.2) is 9.78 Å². The molecule has 1 heterocycles. The van der Waals surface area contributed by atoms with E-state index in [-0.39, 0.29) is 10.7 Å². The molecule has 0 aliphatic rings. The fourth-order valence-electron chi connectivity index (χ4n) is 2.07. The minimum absolute atomic E-state index is 0.132. The third-order valence-electron chi connectivity index (χ3n) is 3.03. The summed E-state index contributed by atoms with van der Waals surface area (Å²) in [6.07, 6.45) is 0. The smallest absolute Gasteiger partial charge is 0.335 e. The number of halogens is 1. The molecule has 0 unspecified atom stereocenters. The number of aromatic carboxylic acids is 1. The first kappa shape index (κ1) is 14.3. The number of anilines is 2. The van der Waals surface area contributed by atoms with Gasteiger partial charge in [-0.05, 0) is 37.6 Å². The quantitative estimate of drug-likeness (QED) is 0.868. The summed E-state index contributed by atoms with van der Waals surface area (Å²) < 4.78 is 0. The Morgan fingerprint density at radius 2 is 2.05 bits per heavy atom. The van der Waals surface area contributed by atoms with Crippen LogP contribution < -0.4 is 4.90 Å². The summed E-state index contributed by atoms with van der Waals surface area (Å²) >= 11 is 5.92. The second kappa shape index (κ2) is 5.92. The number of pyridine rings is 1. The number of nitrogens with zero attached hydrogens (tertiary/aromatic N) is 2. The van der Waals surface area contributed by atoms with Crippen LogP contribution in [0.1, 0.15) is 22.8 Å². The molecule has 2 rings (SSSR count). The minimum Gasteiger partial charge on any atom is -0.478 e. The monoisotopic (exact) mass is 290 g/mol. The van der Waals surface area contributed by atoms with Crippen LogP contribution in [0, 0.1) is 6.92 Å². The zero-order valence-electron chi connectivity index (χ0n) is 11.3. The maximum absolute atomic E-state index is 11.1. The number of rotatable bonds is 4. The highest BCUT2D eigenvalue weighted by Gasteiger charge is 2.14. The summed E-state index contributed by atoms with van der Waals surface area (Å²) in [6.45, 7) is 4.65. The van der Waals surface area contributed by atoms with E-state index in [1.54, 1.807) is 0 Å². The van der Waals surface area contributed by atoms with Gasteiger partial charge >= 0.3 is 5.97 Å². The van der Waals surface area contributed by atoms with Crippen LogP contribution in [-0.4, -0.2) is 22.6 Å². The third kappa shape index (κ3) is 2.91. The van der Waals surface area contributed by atoms with E-state index >= 15 is 0 Å². The van der Waals surface area contributed by atoms with Crippen LogP contribution in [0.4, 0.5) is 11.5 Å². The fourth-order valence-corrected chi connectivity index (χ4v) is 2.27. The average molecular weight is 291 g/mol. The fraction of sp³-hybridized carbons (Fsp3) is 0.200. The highest BCUT2D eigenvalue weighted by atomic mass is 35.5. The number of carboxylic acid groups (broad SMARTS) is 1. The van der Waals surface area contributed by atoms with Gasteiger partial charge in [0.05, 0.1) is 5.56 Å². The van der Waals surface area contributed by atoms with Crippen LogP contribution in [0.5, 0.6) is 0 Å². The molecule has 0 fully saturated rings. The SMILES string of the molecule is CCN(c1cc(C(=O)O)cc(Cl)n1)c1ccccc1C. The molecule has 0 spiro atoms. The highest BCUT2D eigenvalue weighted by molar-refractivity contribution is 6.29. The molecule has 104 valence electrons. The topological polar surface area (TPSA) is 53.4 Å². The van der Waals surface area contributed by atoms with Gasteiger partial charge < -0.3 is 10.0 Å². The first-order valence-electron chi connectivity index (χ1n) is 6.27. The normalized spacial score (nSPS) is 10.3. The number of hydrogen-bond acceptors (Lipinski definition) is 3. The Morgan fingerprint density at radius 1 is 1.35 bits per heavy atom. The third-order valence-corrected chi connectivity index (χ3v) is 3.22. The zero-order valence-corrected chi connectivity index (χ0v) is 12.1. The first-order valence-corrected chi connectivity index (χ1v) is 6.64. The summed E-state index contributed by atoms with van der Waals surface area (Å²) in [5.41, 5.74) is 2.21. The molecule has 2 aromatic rings. The predicted molar refractivity (Wildman–Crippen MR) is 80.1 cm³/mol. The van der Waals surface area contributed by atoms with Crippen LogP contribution in [0.15, 0.2) is 36.4 Å². The first-order chi connectivity index (χ1) is 9.52. The largest absolute Gasteiger partial charge is 0.478 e. The van der Waals surface area contributed by atoms with Crippen molar-refractivity contribution in [3.63, 3.8) is 0 Å². The van der Waals surface area contributed by atoms with Crippen molar-refractivity contribution in [2.24, 2.45) is 0 Å². The van der Waals surface area contributed by atoms with Crippen LogP contribution >= 0.6 is 11.6 Å². The second-order valence-corrected chi connectivity index (χ2v) is 4.76. The van der Waals surface area contributed by atoms with Crippen molar-refractivity contribution < 1.29 is 9.90 Å². The van der Waals surface area contributed by atoms with Gasteiger partial charge in [-0.1, -0.05) is 29.8 Å². The Balaban J connectivity index is 2.52. The summed E-state index contributed by atoms with van der Waals surface area (Å²) in [5.74, 6) is -0.483. The lowest BCUT2D eigenvalue weighted by Gasteiger charge is -2.24. The lowest BCUT2D eigenvalue weighted by atomic mass is 10.1. The van der Waals surface area contributed by atoms with Gasteiger partial charge in [-0.2, -0.15) is 0 Å². The van der Waals surface area contributed by atoms with E-state index in [0.717, 1.165) is 11.3 Å². The number of carboxylic acids is 1. The van der Waals surface area contributed by atoms with Gasteiger partial charge in [-0.15, -0.1) is 0 Å². The average Bonchev–Trinajstić information content (AvgIpc) is 2.41. The van der Waals surface area contributed by atoms with Crippen molar-refractivity contribution in [2.45, 2.75) is 13.8 Å². The Morgan fingerprint density at radius 3 is 2.65 bits per heavy atom. The van der Waals surface area contributed by atoms with Crippen molar-refractivity contribution in [2.75, 3.05) is 11.4 Å². The number of carbonyl (C=O) groups is 1. The molecule has 5 heteroatoms. The number of hydrogen-bond donors (Lipinski definition) is 1. The number of aromatic nitrogens is 1. The molecule has 0 radical (unpaired) electrons. The second-order valence-electron chi connectivity index (χ2n) is 4.37. The predicted octanol–water partition coefficient (Wildman–Crippen LogP) is 3.90. The molecule has 1 N–H and O–H groups in total. The summed E-state index contributed by atoms with van der Waals surface area (Å²) in [6, 6.07) is 10.8. The van der Waals surface area contributed by atoms with Crippen LogP contribution in [0.25, 0.3) is 0 Å². The van der Waals surface area contributed by atoms with Crippen molar-refractivity contribution in [3.8, 4) is 0 Å². The molecule has 1 aromatic heterocycles. The molecule has 20 heavy (non-hydrogen) atoms. The van der Waals surface area contributed by atoms with Gasteiger partial charge in [0, 0.05) is 12.2 Å². The summed E-state index contributed by atoms with van der Waals surface area (Å²) in [7, 11) is 0. The Kier molecular flexibility index (Phi) is 4.25. The molecule has 0 saturated heterocycles. The molecule has 4 nitrogen and oxygen atoms in total. The standard InChI is InChI=1S/C15H15ClN2O2/c1-3-18(12-7-5-4-6-10(12)2)14-9-11(15(19)20)8-13(16)17-14/h4-9H,3H2,1-2H3,(H,19,20). The lowest BCUT2D eigenvalue weighted by molar-refractivity contribution is 0.0697. The van der Waals surface area contributed by atoms with Gasteiger partial charge in [0.2, 0.25) is 0 Å². The molecule has 0 amide bonds. The number of aryl methyl sites for hydroxylation is 1. The number of para-hydroxylation sites is 1. The molecule has 0 bridgehead atoms. The van der Waals surface area contributed by atoms with E-state index in [9.17, 15) is 4.79 Å². The van der Waals surface area contributed by atoms with E-state index in [1.165, 1.54) is 12.1 Å². The Hall–Kier alpha value is -2.07. The molecular formula is C15H15ClN2O2. The van der Waals surface area contributed by atoms with Crippen molar-refractivity contribution in [1.29, 1.82) is 0 Å². The van der Waals surface area contributed by atoms with Crippen LogP contribution in [0.3, 0.4) is 0 Å². The van der Waals surface area contributed by atoms with Gasteiger partial charge in [0.1, 0.15) is 11.0 Å². The van der Waals surface area contributed by atoms with Crippen LogP contribution in [-0.2, 0) is 0 Å². The highest BCUT2D eigenvalue weighted by Crippen LogP contribution is 2.28. The molecule has 1 aromatic carbocycles. The van der Waals surface area contributed by atoms with E-state index in [4.69, 9.17) is 16.7 Å². The molecule has 0 atom stereocenters. The molecule has 0 aliphatic carbocycles. The Bertz CT molecular complexity index is 644. The van der Waals surface area contributed by atoms with E-state index < -0.39 is 5.97 Å². The summed E-state index contributed by atoms with van der Waals surface area (Å²) in [5, 5.41) is 9.28. The molecule has 0 aliphatic heterocycles. The van der Waals surface area contributed by atoms with Crippen molar-refractivity contribution in [3.05, 3.63) is 52.7 Å². The lowest BCUT2D eigenvalue weighted by Crippen LogP contribution is -2.19. The van der Waals surface area contributed by atoms with E-state index in [0.29, 0.717) is 12.4 Å². The van der Waals surface area contributed by atoms with Gasteiger partial charge in [-0.3, -0.25) is 0 Å². The zero-order chi connectivity index (χ0) is 14.7. The van der Waals surface area contributed by atoms with E-state index in [2.05, 4.69) is 4.98 Å². The van der Waals surface area contributed by atoms with Crippen molar-refractivity contribution >= 4 is 29.1 Å². The number of benzene rings is 1. The van der Waals surface area contributed by atoms with E-state index in [1.807, 2.05) is 43.0 Å². The minimum atomic E-state index is -1.02. The molecular weight excluding hydrogens is 276 g/mol. The summed E-state index contributed by atoms with van der Waals surface area (Å²) in [4.78, 5) is 17.3. The molecule has 0 saturated carbocycles. The van der Waals surface area contributed by atoms with Crippen molar-refractivity contribution in [1.82, 2.24) is 4.98 Å².